The number of benzene rings is 1. The third kappa shape index (κ3) is 3.20. The second-order valence-corrected chi connectivity index (χ2v) is 6.21. The maximum absolute atomic E-state index is 12.9. The van der Waals surface area contributed by atoms with Crippen LogP contribution in [0.25, 0.3) is 5.65 Å². The van der Waals surface area contributed by atoms with Crippen molar-refractivity contribution in [2.75, 3.05) is 19.0 Å². The molecule has 0 saturated carbocycles. The van der Waals surface area contributed by atoms with Crippen molar-refractivity contribution < 1.29 is 14.3 Å². The van der Waals surface area contributed by atoms with Gasteiger partial charge in [0.2, 0.25) is 0 Å². The summed E-state index contributed by atoms with van der Waals surface area (Å²) in [6.07, 6.45) is 1.79. The zero-order valence-electron chi connectivity index (χ0n) is 15.1. The topological polar surface area (TPSA) is 64.9 Å². The first-order valence-corrected chi connectivity index (χ1v) is 8.60. The number of halogens is 1. The van der Waals surface area contributed by atoms with E-state index in [9.17, 15) is 4.79 Å². The Hall–Kier alpha value is -2.73. The van der Waals surface area contributed by atoms with Crippen molar-refractivity contribution in [3.63, 3.8) is 0 Å². The van der Waals surface area contributed by atoms with Crippen LogP contribution < -0.4 is 14.8 Å². The maximum Gasteiger partial charge on any atom is 0.274 e. The third-order valence-corrected chi connectivity index (χ3v) is 4.44. The summed E-state index contributed by atoms with van der Waals surface area (Å²) < 4.78 is 12.7. The minimum absolute atomic E-state index is 0.288. The molecule has 1 aromatic carbocycles. The quantitative estimate of drug-likeness (QED) is 0.725. The summed E-state index contributed by atoms with van der Waals surface area (Å²) in [4.78, 5) is 17.4. The number of anilines is 1. The molecule has 0 aliphatic rings. The Balaban J connectivity index is 2.03. The number of pyridine rings is 1. The van der Waals surface area contributed by atoms with Crippen LogP contribution >= 0.6 is 11.6 Å². The number of amides is 1. The standard InChI is InChI=1S/C19H20ClN3O3/c1-5-26-15-7-6-8-23-17(12(3)21-18(15)23)19(24)22-14-9-11(2)13(20)10-16(14)25-4/h6-10H,5H2,1-4H3,(H,22,24). The van der Waals surface area contributed by atoms with Crippen LogP contribution in [0.1, 0.15) is 28.7 Å². The van der Waals surface area contributed by atoms with E-state index >= 15 is 0 Å². The van der Waals surface area contributed by atoms with Crippen LogP contribution in [-0.2, 0) is 0 Å². The number of methoxy groups -OCH3 is 1. The molecule has 0 aliphatic carbocycles. The number of hydrogen-bond donors (Lipinski definition) is 1. The number of imidazole rings is 1. The van der Waals surface area contributed by atoms with E-state index in [0.717, 1.165) is 5.56 Å². The normalized spacial score (nSPS) is 10.8. The molecule has 0 atom stereocenters. The summed E-state index contributed by atoms with van der Waals surface area (Å²) in [7, 11) is 1.53. The fourth-order valence-electron chi connectivity index (χ4n) is 2.81. The van der Waals surface area contributed by atoms with Gasteiger partial charge in [0.15, 0.2) is 11.4 Å². The minimum atomic E-state index is -0.288. The van der Waals surface area contributed by atoms with E-state index in [4.69, 9.17) is 21.1 Å². The first-order chi connectivity index (χ1) is 12.5. The predicted molar refractivity (Wildman–Crippen MR) is 102 cm³/mol. The molecular formula is C19H20ClN3O3. The molecule has 0 aliphatic heterocycles. The number of carbonyl (C=O) groups excluding carboxylic acids is 1. The van der Waals surface area contributed by atoms with Gasteiger partial charge in [-0.05, 0) is 44.5 Å². The lowest BCUT2D eigenvalue weighted by Gasteiger charge is -2.12. The highest BCUT2D eigenvalue weighted by Gasteiger charge is 2.20. The SMILES string of the molecule is CCOc1cccn2c(C(=O)Nc3cc(C)c(Cl)cc3OC)c(C)nc12. The smallest absolute Gasteiger partial charge is 0.274 e. The highest BCUT2D eigenvalue weighted by Crippen LogP contribution is 2.31. The lowest BCUT2D eigenvalue weighted by atomic mass is 10.2. The van der Waals surface area contributed by atoms with Crippen LogP contribution in [-0.4, -0.2) is 29.0 Å². The van der Waals surface area contributed by atoms with Gasteiger partial charge >= 0.3 is 0 Å². The fourth-order valence-corrected chi connectivity index (χ4v) is 2.96. The molecule has 0 unspecified atom stereocenters. The van der Waals surface area contributed by atoms with E-state index in [2.05, 4.69) is 10.3 Å². The number of nitrogens with zero attached hydrogens (tertiary/aromatic N) is 2. The molecule has 1 amide bonds. The average molecular weight is 374 g/mol. The number of rotatable bonds is 5. The second-order valence-electron chi connectivity index (χ2n) is 5.80. The lowest BCUT2D eigenvalue weighted by molar-refractivity contribution is 0.102. The molecule has 2 heterocycles. The molecule has 0 bridgehead atoms. The Bertz CT molecular complexity index is 982. The van der Waals surface area contributed by atoms with E-state index in [-0.39, 0.29) is 5.91 Å². The molecule has 2 aromatic heterocycles. The number of carbonyl (C=O) groups is 1. The van der Waals surface area contributed by atoms with Crippen molar-refractivity contribution in [3.05, 3.63) is 52.4 Å². The summed E-state index contributed by atoms with van der Waals surface area (Å²) in [5.74, 6) is 0.844. The van der Waals surface area contributed by atoms with Crippen molar-refractivity contribution in [2.24, 2.45) is 0 Å². The Morgan fingerprint density at radius 1 is 1.31 bits per heavy atom. The van der Waals surface area contributed by atoms with Gasteiger partial charge in [0, 0.05) is 17.3 Å². The first-order valence-electron chi connectivity index (χ1n) is 8.22. The van der Waals surface area contributed by atoms with Crippen LogP contribution in [0.15, 0.2) is 30.5 Å². The van der Waals surface area contributed by atoms with Crippen LogP contribution in [0.2, 0.25) is 5.02 Å². The number of fused-ring (bicyclic) bond motifs is 1. The van der Waals surface area contributed by atoms with Gasteiger partial charge in [-0.2, -0.15) is 0 Å². The van der Waals surface area contributed by atoms with Gasteiger partial charge in [-0.25, -0.2) is 4.98 Å². The van der Waals surface area contributed by atoms with E-state index < -0.39 is 0 Å². The zero-order chi connectivity index (χ0) is 18.8. The van der Waals surface area contributed by atoms with Crippen LogP contribution in [0.4, 0.5) is 5.69 Å². The van der Waals surface area contributed by atoms with Gasteiger partial charge in [-0.3, -0.25) is 9.20 Å². The second kappa shape index (κ2) is 7.25. The summed E-state index contributed by atoms with van der Waals surface area (Å²) in [6.45, 7) is 6.09. The zero-order valence-corrected chi connectivity index (χ0v) is 15.8. The minimum Gasteiger partial charge on any atom is -0.495 e. The van der Waals surface area contributed by atoms with Crippen molar-refractivity contribution in [1.29, 1.82) is 0 Å². The number of nitrogens with one attached hydrogen (secondary N) is 1. The van der Waals surface area contributed by atoms with Gasteiger partial charge in [0.1, 0.15) is 11.4 Å². The number of aryl methyl sites for hydroxylation is 2. The first kappa shape index (κ1) is 18.1. The number of hydrogen-bond acceptors (Lipinski definition) is 4. The molecular weight excluding hydrogens is 354 g/mol. The lowest BCUT2D eigenvalue weighted by Crippen LogP contribution is -2.16. The maximum atomic E-state index is 12.9. The number of aromatic nitrogens is 2. The molecule has 6 nitrogen and oxygen atoms in total. The Labute approximate surface area is 156 Å². The molecule has 0 saturated heterocycles. The van der Waals surface area contributed by atoms with Gasteiger partial charge < -0.3 is 14.8 Å². The Morgan fingerprint density at radius 2 is 2.08 bits per heavy atom. The predicted octanol–water partition coefficient (Wildman–Crippen LogP) is 4.26. The van der Waals surface area contributed by atoms with Gasteiger partial charge in [-0.15, -0.1) is 0 Å². The third-order valence-electron chi connectivity index (χ3n) is 4.03. The summed E-state index contributed by atoms with van der Waals surface area (Å²) in [6, 6.07) is 7.12. The monoisotopic (exact) mass is 373 g/mol. The molecule has 26 heavy (non-hydrogen) atoms. The van der Waals surface area contributed by atoms with Crippen molar-refractivity contribution in [2.45, 2.75) is 20.8 Å². The molecule has 1 N–H and O–H groups in total. The van der Waals surface area contributed by atoms with Crippen LogP contribution in [0.3, 0.4) is 0 Å². The highest BCUT2D eigenvalue weighted by molar-refractivity contribution is 6.31. The molecule has 0 fully saturated rings. The van der Waals surface area contributed by atoms with Crippen molar-refractivity contribution >= 4 is 28.8 Å². The summed E-state index contributed by atoms with van der Waals surface area (Å²) in [5, 5.41) is 3.47. The van der Waals surface area contributed by atoms with Gasteiger partial charge in [0.05, 0.1) is 25.1 Å². The summed E-state index contributed by atoms with van der Waals surface area (Å²) >= 11 is 6.13. The fraction of sp³-hybridized carbons (Fsp3) is 0.263. The van der Waals surface area contributed by atoms with E-state index in [1.165, 1.54) is 7.11 Å². The number of ether oxygens (including phenoxy) is 2. The highest BCUT2D eigenvalue weighted by atomic mass is 35.5. The molecule has 3 rings (SSSR count). The Kier molecular flexibility index (Phi) is 5.04. The molecule has 0 radical (unpaired) electrons. The molecule has 7 heteroatoms. The Morgan fingerprint density at radius 3 is 2.77 bits per heavy atom. The average Bonchev–Trinajstić information content (AvgIpc) is 2.95. The molecule has 136 valence electrons. The van der Waals surface area contributed by atoms with Crippen molar-refractivity contribution in [3.8, 4) is 11.5 Å². The van der Waals surface area contributed by atoms with E-state index in [1.807, 2.05) is 26.0 Å². The van der Waals surface area contributed by atoms with Crippen LogP contribution in [0.5, 0.6) is 11.5 Å². The summed E-state index contributed by atoms with van der Waals surface area (Å²) in [5.41, 5.74) is 3.05. The van der Waals surface area contributed by atoms with E-state index in [1.54, 1.807) is 29.7 Å². The van der Waals surface area contributed by atoms with Gasteiger partial charge in [0.25, 0.3) is 5.91 Å². The molecule has 3 aromatic rings. The molecule has 0 spiro atoms. The van der Waals surface area contributed by atoms with Gasteiger partial charge in [-0.1, -0.05) is 11.6 Å². The van der Waals surface area contributed by atoms with E-state index in [0.29, 0.717) is 45.9 Å². The van der Waals surface area contributed by atoms with Crippen molar-refractivity contribution in [1.82, 2.24) is 9.38 Å². The largest absolute Gasteiger partial charge is 0.495 e. The van der Waals surface area contributed by atoms with Crippen LogP contribution in [0, 0.1) is 13.8 Å².